The molecule has 0 aromatic rings. The van der Waals surface area contributed by atoms with Crippen LogP contribution in [-0.2, 0) is 0 Å². The van der Waals surface area contributed by atoms with Gasteiger partial charge in [-0.1, -0.05) is 0 Å². The maximum atomic E-state index is 11.7. The van der Waals surface area contributed by atoms with Crippen molar-refractivity contribution in [2.75, 3.05) is 6.61 Å². The topological polar surface area (TPSA) is 66.5 Å². The lowest BCUT2D eigenvalue weighted by atomic mass is 10.1. The number of halogens is 3. The fourth-order valence-corrected chi connectivity index (χ4v) is 0.627. The first kappa shape index (κ1) is 11.7. The quantitative estimate of drug-likeness (QED) is 0.580. The lowest BCUT2D eigenvalue weighted by Gasteiger charge is -2.15. The average Bonchev–Trinajstić information content (AvgIpc) is 1.97. The van der Waals surface area contributed by atoms with Crippen LogP contribution in [0.1, 0.15) is 12.8 Å². The Balaban J connectivity index is 3.64. The molecule has 0 saturated carbocycles. The highest BCUT2D eigenvalue weighted by atomic mass is 19.4. The molecule has 0 aliphatic heterocycles. The van der Waals surface area contributed by atoms with Crippen LogP contribution in [0.2, 0.25) is 0 Å². The number of aliphatic hydroxyl groups is 2. The fraction of sp³-hybridized carbons (Fsp3) is 1.00. The van der Waals surface area contributed by atoms with Crippen molar-refractivity contribution >= 4 is 0 Å². The molecule has 12 heavy (non-hydrogen) atoms. The summed E-state index contributed by atoms with van der Waals surface area (Å²) in [6, 6.07) is -0.693. The summed E-state index contributed by atoms with van der Waals surface area (Å²) in [5.74, 6) is 0. The van der Waals surface area contributed by atoms with Crippen molar-refractivity contribution in [3.63, 3.8) is 0 Å². The van der Waals surface area contributed by atoms with Crippen molar-refractivity contribution in [2.45, 2.75) is 31.2 Å². The van der Waals surface area contributed by atoms with Gasteiger partial charge >= 0.3 is 6.18 Å². The van der Waals surface area contributed by atoms with Crippen LogP contribution in [0.4, 0.5) is 13.2 Å². The summed E-state index contributed by atoms with van der Waals surface area (Å²) < 4.78 is 35.0. The fourth-order valence-electron chi connectivity index (χ4n) is 0.627. The Morgan fingerprint density at radius 3 is 2.08 bits per heavy atom. The smallest absolute Gasteiger partial charge is 0.395 e. The molecule has 0 heterocycles. The second kappa shape index (κ2) is 4.64. The number of aliphatic hydroxyl groups excluding tert-OH is 2. The average molecular weight is 187 g/mol. The van der Waals surface area contributed by atoms with Gasteiger partial charge in [0.2, 0.25) is 0 Å². The Kier molecular flexibility index (Phi) is 4.51. The molecule has 0 bridgehead atoms. The van der Waals surface area contributed by atoms with Gasteiger partial charge in [-0.3, -0.25) is 0 Å². The van der Waals surface area contributed by atoms with Crippen LogP contribution in [0.15, 0.2) is 0 Å². The molecular formula is C6H12F3NO2. The molecule has 0 aromatic carbocycles. The molecule has 4 N–H and O–H groups in total. The Labute approximate surface area is 68.0 Å². The standard InChI is InChI=1S/C6H12F3NO2/c7-6(8,9)5(12)2-1-4(10)3-11/h4-5,11-12H,1-3,10H2/t4-,5+/m1/s1. The van der Waals surface area contributed by atoms with E-state index < -0.39 is 24.7 Å². The van der Waals surface area contributed by atoms with Crippen LogP contribution >= 0.6 is 0 Å². The molecule has 0 saturated heterocycles. The largest absolute Gasteiger partial charge is 0.414 e. The van der Waals surface area contributed by atoms with Crippen molar-refractivity contribution in [3.8, 4) is 0 Å². The van der Waals surface area contributed by atoms with E-state index in [4.69, 9.17) is 15.9 Å². The van der Waals surface area contributed by atoms with Crippen molar-refractivity contribution in [2.24, 2.45) is 5.73 Å². The maximum Gasteiger partial charge on any atom is 0.414 e. The minimum absolute atomic E-state index is 0.0445. The van der Waals surface area contributed by atoms with Gasteiger partial charge in [-0.05, 0) is 12.8 Å². The zero-order chi connectivity index (χ0) is 9.78. The molecule has 6 heteroatoms. The van der Waals surface area contributed by atoms with Gasteiger partial charge in [-0.25, -0.2) is 0 Å². The van der Waals surface area contributed by atoms with Crippen LogP contribution in [0, 0.1) is 0 Å². The van der Waals surface area contributed by atoms with E-state index in [-0.39, 0.29) is 13.0 Å². The number of alkyl halides is 3. The third-order valence-corrected chi connectivity index (χ3v) is 1.42. The van der Waals surface area contributed by atoms with E-state index in [1.54, 1.807) is 0 Å². The van der Waals surface area contributed by atoms with E-state index in [0.717, 1.165) is 0 Å². The SMILES string of the molecule is N[C@@H](CO)CC[C@H](O)C(F)(F)F. The monoisotopic (exact) mass is 187 g/mol. The van der Waals surface area contributed by atoms with Crippen molar-refractivity contribution in [1.82, 2.24) is 0 Å². The van der Waals surface area contributed by atoms with E-state index >= 15 is 0 Å². The first-order valence-electron chi connectivity index (χ1n) is 3.49. The molecular weight excluding hydrogens is 175 g/mol. The summed E-state index contributed by atoms with van der Waals surface area (Å²) in [5, 5.41) is 16.8. The molecule has 0 rings (SSSR count). The number of rotatable bonds is 4. The molecule has 74 valence electrons. The third-order valence-electron chi connectivity index (χ3n) is 1.42. The molecule has 0 aliphatic rings. The minimum atomic E-state index is -4.59. The molecule has 0 spiro atoms. The Bertz CT molecular complexity index is 128. The molecule has 0 radical (unpaired) electrons. The Morgan fingerprint density at radius 1 is 1.25 bits per heavy atom. The molecule has 3 nitrogen and oxygen atoms in total. The van der Waals surface area contributed by atoms with Crippen LogP contribution in [0.3, 0.4) is 0 Å². The van der Waals surface area contributed by atoms with E-state index in [1.807, 2.05) is 0 Å². The van der Waals surface area contributed by atoms with Crippen LogP contribution in [0.25, 0.3) is 0 Å². The van der Waals surface area contributed by atoms with E-state index in [0.29, 0.717) is 0 Å². The lowest BCUT2D eigenvalue weighted by molar-refractivity contribution is -0.205. The van der Waals surface area contributed by atoms with Gasteiger partial charge in [0.1, 0.15) is 6.10 Å². The number of hydrogen-bond donors (Lipinski definition) is 3. The van der Waals surface area contributed by atoms with Crippen LogP contribution < -0.4 is 5.73 Å². The molecule has 0 unspecified atom stereocenters. The summed E-state index contributed by atoms with van der Waals surface area (Å²) in [4.78, 5) is 0. The third kappa shape index (κ3) is 4.53. The van der Waals surface area contributed by atoms with Gasteiger partial charge in [0.15, 0.2) is 0 Å². The van der Waals surface area contributed by atoms with E-state index in [2.05, 4.69) is 0 Å². The van der Waals surface area contributed by atoms with Gasteiger partial charge in [0.05, 0.1) is 6.61 Å². The minimum Gasteiger partial charge on any atom is -0.395 e. The Hall–Kier alpha value is -0.330. The van der Waals surface area contributed by atoms with Gasteiger partial charge in [-0.2, -0.15) is 13.2 Å². The second-order valence-electron chi connectivity index (χ2n) is 2.58. The van der Waals surface area contributed by atoms with Crippen LogP contribution in [-0.4, -0.2) is 35.1 Å². The van der Waals surface area contributed by atoms with Gasteiger partial charge < -0.3 is 15.9 Å². The highest BCUT2D eigenvalue weighted by molar-refractivity contribution is 4.68. The van der Waals surface area contributed by atoms with E-state index in [9.17, 15) is 13.2 Å². The molecule has 0 fully saturated rings. The summed E-state index contributed by atoms with van der Waals surface area (Å²) in [7, 11) is 0. The highest BCUT2D eigenvalue weighted by Crippen LogP contribution is 2.23. The van der Waals surface area contributed by atoms with Crippen molar-refractivity contribution < 1.29 is 23.4 Å². The van der Waals surface area contributed by atoms with Gasteiger partial charge in [0.25, 0.3) is 0 Å². The summed E-state index contributed by atoms with van der Waals surface area (Å²) >= 11 is 0. The maximum absolute atomic E-state index is 11.7. The predicted octanol–water partition coefficient (Wildman–Crippen LogP) is 0.00940. The predicted molar refractivity (Wildman–Crippen MR) is 36.4 cm³/mol. The zero-order valence-corrected chi connectivity index (χ0v) is 6.38. The van der Waals surface area contributed by atoms with Gasteiger partial charge in [0, 0.05) is 6.04 Å². The summed E-state index contributed by atoms with van der Waals surface area (Å²) in [6.07, 6.45) is -7.44. The van der Waals surface area contributed by atoms with Crippen molar-refractivity contribution in [1.29, 1.82) is 0 Å². The number of hydrogen-bond acceptors (Lipinski definition) is 3. The second-order valence-corrected chi connectivity index (χ2v) is 2.58. The first-order valence-corrected chi connectivity index (χ1v) is 3.49. The first-order chi connectivity index (χ1) is 5.38. The highest BCUT2D eigenvalue weighted by Gasteiger charge is 2.37. The van der Waals surface area contributed by atoms with Crippen LogP contribution in [0.5, 0.6) is 0 Å². The molecule has 0 aromatic heterocycles. The van der Waals surface area contributed by atoms with E-state index in [1.165, 1.54) is 0 Å². The zero-order valence-electron chi connectivity index (χ0n) is 6.38. The number of nitrogens with two attached hydrogens (primary N) is 1. The Morgan fingerprint density at radius 2 is 1.75 bits per heavy atom. The molecule has 0 aliphatic carbocycles. The summed E-state index contributed by atoms with van der Waals surface area (Å²) in [6.45, 7) is -0.370. The van der Waals surface area contributed by atoms with Gasteiger partial charge in [-0.15, -0.1) is 0 Å². The normalized spacial score (nSPS) is 17.5. The van der Waals surface area contributed by atoms with Crippen molar-refractivity contribution in [3.05, 3.63) is 0 Å². The molecule has 2 atom stereocenters. The molecule has 0 amide bonds. The summed E-state index contributed by atoms with van der Waals surface area (Å²) in [5.41, 5.74) is 5.14. The lowest BCUT2D eigenvalue weighted by Crippen LogP contribution is -2.32.